The lowest BCUT2D eigenvalue weighted by Gasteiger charge is -2.18. The fourth-order valence-electron chi connectivity index (χ4n) is 2.56. The molecule has 0 aliphatic carbocycles. The molecule has 4 rings (SSSR count). The maximum absolute atomic E-state index is 5.76. The molecule has 2 aromatic rings. The highest BCUT2D eigenvalue weighted by Crippen LogP contribution is 2.34. The van der Waals surface area contributed by atoms with Crippen LogP contribution in [0.25, 0.3) is 11.5 Å². The number of aromatic nitrogens is 2. The average molecular weight is 273 g/mol. The van der Waals surface area contributed by atoms with E-state index in [1.54, 1.807) is 0 Å². The molecule has 0 amide bonds. The van der Waals surface area contributed by atoms with Gasteiger partial charge in [-0.2, -0.15) is 0 Å². The first-order chi connectivity index (χ1) is 9.90. The average Bonchev–Trinajstić information content (AvgIpc) is 3.17. The minimum atomic E-state index is 0.188. The molecule has 6 nitrogen and oxygen atoms in total. The minimum Gasteiger partial charge on any atom is -0.486 e. The highest BCUT2D eigenvalue weighted by molar-refractivity contribution is 5.59. The number of benzene rings is 1. The fourth-order valence-corrected chi connectivity index (χ4v) is 2.56. The molecule has 1 atom stereocenters. The Hall–Kier alpha value is -2.08. The van der Waals surface area contributed by atoms with Crippen LogP contribution in [0.2, 0.25) is 0 Å². The predicted molar refractivity (Wildman–Crippen MR) is 70.7 cm³/mol. The smallest absolute Gasteiger partial charge is 0.247 e. The standard InChI is InChI=1S/C14H15N3O3/c1-2-10(15-5-1)14-17-16-13(20-14)9-3-4-11-12(8-9)19-7-6-18-11/h3-4,8,10,15H,1-2,5-7H2. The van der Waals surface area contributed by atoms with Gasteiger partial charge >= 0.3 is 0 Å². The van der Waals surface area contributed by atoms with Gasteiger partial charge in [0.25, 0.3) is 0 Å². The molecular formula is C14H15N3O3. The molecular weight excluding hydrogens is 258 g/mol. The number of rotatable bonds is 2. The monoisotopic (exact) mass is 273 g/mol. The maximum atomic E-state index is 5.76. The van der Waals surface area contributed by atoms with Gasteiger partial charge in [0.1, 0.15) is 13.2 Å². The third kappa shape index (κ3) is 2.02. The van der Waals surface area contributed by atoms with Crippen molar-refractivity contribution in [2.24, 2.45) is 0 Å². The molecule has 1 saturated heterocycles. The summed E-state index contributed by atoms with van der Waals surface area (Å²) in [5.74, 6) is 2.67. The molecule has 1 aromatic carbocycles. The molecule has 1 unspecified atom stereocenters. The highest BCUT2D eigenvalue weighted by Gasteiger charge is 2.23. The maximum Gasteiger partial charge on any atom is 0.247 e. The lowest BCUT2D eigenvalue weighted by molar-refractivity contribution is 0.171. The normalized spacial score (nSPS) is 21.1. The van der Waals surface area contributed by atoms with Gasteiger partial charge in [0, 0.05) is 5.56 Å². The first-order valence-corrected chi connectivity index (χ1v) is 6.87. The van der Waals surface area contributed by atoms with E-state index in [1.165, 1.54) is 0 Å². The number of hydrogen-bond acceptors (Lipinski definition) is 6. The van der Waals surface area contributed by atoms with Crippen LogP contribution in [0.5, 0.6) is 11.5 Å². The van der Waals surface area contributed by atoms with Gasteiger partial charge in [-0.15, -0.1) is 10.2 Å². The van der Waals surface area contributed by atoms with Crippen LogP contribution in [0.4, 0.5) is 0 Å². The summed E-state index contributed by atoms with van der Waals surface area (Å²) < 4.78 is 16.8. The molecule has 20 heavy (non-hydrogen) atoms. The Balaban J connectivity index is 1.63. The molecule has 104 valence electrons. The second kappa shape index (κ2) is 4.79. The van der Waals surface area contributed by atoms with Gasteiger partial charge in [0.15, 0.2) is 11.5 Å². The van der Waals surface area contributed by atoms with Crippen LogP contribution in [0.1, 0.15) is 24.8 Å². The number of nitrogens with zero attached hydrogens (tertiary/aromatic N) is 2. The highest BCUT2D eigenvalue weighted by atomic mass is 16.6. The molecule has 3 heterocycles. The molecule has 1 N–H and O–H groups in total. The topological polar surface area (TPSA) is 69.4 Å². The van der Waals surface area contributed by atoms with Crippen LogP contribution < -0.4 is 14.8 Å². The molecule has 0 spiro atoms. The Kier molecular flexibility index (Phi) is 2.81. The van der Waals surface area contributed by atoms with Gasteiger partial charge < -0.3 is 19.2 Å². The van der Waals surface area contributed by atoms with Crippen molar-refractivity contribution in [3.8, 4) is 23.0 Å². The summed E-state index contributed by atoms with van der Waals surface area (Å²) in [5, 5.41) is 11.6. The van der Waals surface area contributed by atoms with E-state index in [1.807, 2.05) is 18.2 Å². The second-order valence-electron chi connectivity index (χ2n) is 4.95. The quantitative estimate of drug-likeness (QED) is 0.901. The first-order valence-electron chi connectivity index (χ1n) is 6.87. The van der Waals surface area contributed by atoms with E-state index >= 15 is 0 Å². The SMILES string of the molecule is c1cc2c(cc1-c1nnc(C3CCCN3)o1)OCCO2. The first kappa shape index (κ1) is 11.7. The molecule has 1 fully saturated rings. The van der Waals surface area contributed by atoms with Gasteiger partial charge in [-0.25, -0.2) is 0 Å². The summed E-state index contributed by atoms with van der Waals surface area (Å²) in [6.45, 7) is 2.16. The molecule has 1 aromatic heterocycles. The van der Waals surface area contributed by atoms with E-state index < -0.39 is 0 Å². The lowest BCUT2D eigenvalue weighted by Crippen LogP contribution is -2.15. The zero-order valence-corrected chi connectivity index (χ0v) is 11.0. The molecule has 0 bridgehead atoms. The Morgan fingerprint density at radius 1 is 1.10 bits per heavy atom. The summed E-state index contributed by atoms with van der Waals surface area (Å²) in [6.07, 6.45) is 2.19. The van der Waals surface area contributed by atoms with Gasteiger partial charge in [-0.05, 0) is 37.6 Å². The Bertz CT molecular complexity index is 620. The van der Waals surface area contributed by atoms with Crippen molar-refractivity contribution in [3.05, 3.63) is 24.1 Å². The molecule has 0 saturated carbocycles. The second-order valence-corrected chi connectivity index (χ2v) is 4.95. The van der Waals surface area contributed by atoms with Crippen molar-refractivity contribution in [2.75, 3.05) is 19.8 Å². The molecule has 6 heteroatoms. The van der Waals surface area contributed by atoms with Crippen LogP contribution in [0.15, 0.2) is 22.6 Å². The van der Waals surface area contributed by atoms with Gasteiger partial charge in [0.05, 0.1) is 6.04 Å². The van der Waals surface area contributed by atoms with Crippen LogP contribution in [0, 0.1) is 0 Å². The largest absolute Gasteiger partial charge is 0.486 e. The zero-order chi connectivity index (χ0) is 13.4. The predicted octanol–water partition coefficient (Wildman–Crippen LogP) is 1.93. The van der Waals surface area contributed by atoms with E-state index in [2.05, 4.69) is 15.5 Å². The molecule has 2 aliphatic heterocycles. The van der Waals surface area contributed by atoms with Crippen molar-refractivity contribution >= 4 is 0 Å². The van der Waals surface area contributed by atoms with Crippen molar-refractivity contribution in [1.82, 2.24) is 15.5 Å². The van der Waals surface area contributed by atoms with Crippen molar-refractivity contribution in [3.63, 3.8) is 0 Å². The Morgan fingerprint density at radius 2 is 2.00 bits per heavy atom. The third-order valence-electron chi connectivity index (χ3n) is 3.59. The fraction of sp³-hybridized carbons (Fsp3) is 0.429. The number of nitrogens with one attached hydrogen (secondary N) is 1. The van der Waals surface area contributed by atoms with E-state index in [4.69, 9.17) is 13.9 Å². The summed E-state index contributed by atoms with van der Waals surface area (Å²) in [4.78, 5) is 0. The van der Waals surface area contributed by atoms with Crippen molar-refractivity contribution in [2.45, 2.75) is 18.9 Å². The van der Waals surface area contributed by atoms with E-state index in [0.29, 0.717) is 25.0 Å². The summed E-state index contributed by atoms with van der Waals surface area (Å²) in [5.41, 5.74) is 0.853. The van der Waals surface area contributed by atoms with Gasteiger partial charge in [-0.3, -0.25) is 0 Å². The molecule has 2 aliphatic rings. The summed E-state index contributed by atoms with van der Waals surface area (Å²) >= 11 is 0. The van der Waals surface area contributed by atoms with E-state index in [-0.39, 0.29) is 6.04 Å². The van der Waals surface area contributed by atoms with Crippen molar-refractivity contribution in [1.29, 1.82) is 0 Å². The third-order valence-corrected chi connectivity index (χ3v) is 3.59. The summed E-state index contributed by atoms with van der Waals surface area (Å²) in [7, 11) is 0. The van der Waals surface area contributed by atoms with Crippen LogP contribution >= 0.6 is 0 Å². The van der Waals surface area contributed by atoms with Gasteiger partial charge in [-0.1, -0.05) is 0 Å². The molecule has 0 radical (unpaired) electrons. The van der Waals surface area contributed by atoms with Crippen LogP contribution in [0.3, 0.4) is 0 Å². The van der Waals surface area contributed by atoms with E-state index in [0.717, 1.165) is 36.4 Å². The van der Waals surface area contributed by atoms with Crippen molar-refractivity contribution < 1.29 is 13.9 Å². The number of fused-ring (bicyclic) bond motifs is 1. The van der Waals surface area contributed by atoms with Crippen LogP contribution in [-0.2, 0) is 0 Å². The Morgan fingerprint density at radius 3 is 2.85 bits per heavy atom. The lowest BCUT2D eigenvalue weighted by atomic mass is 10.2. The van der Waals surface area contributed by atoms with Crippen LogP contribution in [-0.4, -0.2) is 30.0 Å². The zero-order valence-electron chi connectivity index (χ0n) is 11.0. The van der Waals surface area contributed by atoms with E-state index in [9.17, 15) is 0 Å². The minimum absolute atomic E-state index is 0.188. The van der Waals surface area contributed by atoms with Gasteiger partial charge in [0.2, 0.25) is 11.8 Å². The summed E-state index contributed by atoms with van der Waals surface area (Å²) in [6, 6.07) is 5.86. The number of hydrogen-bond donors (Lipinski definition) is 1. The number of ether oxygens (including phenoxy) is 2. The Labute approximate surface area is 116 Å².